The van der Waals surface area contributed by atoms with Crippen molar-refractivity contribution in [1.29, 1.82) is 0 Å². The maximum Gasteiger partial charge on any atom is 0.251 e. The molecule has 5 heteroatoms. The molecule has 1 aromatic rings. The smallest absolute Gasteiger partial charge is 0.251 e. The van der Waals surface area contributed by atoms with Gasteiger partial charge in [0.25, 0.3) is 5.91 Å². The summed E-state index contributed by atoms with van der Waals surface area (Å²) in [6.45, 7) is 8.08. The van der Waals surface area contributed by atoms with Crippen molar-refractivity contribution in [3.63, 3.8) is 0 Å². The number of nitrogens with one attached hydrogen (secondary N) is 2. The van der Waals surface area contributed by atoms with Crippen LogP contribution in [0.15, 0.2) is 18.2 Å². The van der Waals surface area contributed by atoms with E-state index in [-0.39, 0.29) is 11.8 Å². The van der Waals surface area contributed by atoms with Gasteiger partial charge in [0.1, 0.15) is 0 Å². The van der Waals surface area contributed by atoms with E-state index >= 15 is 0 Å². The first kappa shape index (κ1) is 17.2. The lowest BCUT2D eigenvalue weighted by atomic mass is 9.93. The van der Waals surface area contributed by atoms with E-state index in [1.807, 2.05) is 33.8 Å². The Balaban J connectivity index is 3.00. The number of hydrogen-bond donors (Lipinski definition) is 3. The van der Waals surface area contributed by atoms with Crippen LogP contribution in [0.5, 0.6) is 0 Å². The molecule has 0 bridgehead atoms. The summed E-state index contributed by atoms with van der Waals surface area (Å²) in [6, 6.07) is 5.24. The second kappa shape index (κ2) is 7.22. The highest BCUT2D eigenvalue weighted by Crippen LogP contribution is 2.20. The summed E-state index contributed by atoms with van der Waals surface area (Å²) in [4.78, 5) is 24.2. The summed E-state index contributed by atoms with van der Waals surface area (Å²) in [5, 5.41) is 5.58. The number of rotatable bonds is 6. The largest absolute Gasteiger partial charge is 0.352 e. The molecule has 2 amide bonds. The van der Waals surface area contributed by atoms with E-state index in [4.69, 9.17) is 5.73 Å². The van der Waals surface area contributed by atoms with Gasteiger partial charge in [0, 0.05) is 17.8 Å². The average Bonchev–Trinajstić information content (AvgIpc) is 2.48. The third-order valence-corrected chi connectivity index (χ3v) is 3.80. The number of carbonyl (C=O) groups excluding carboxylic acids is 2. The zero-order valence-corrected chi connectivity index (χ0v) is 13.2. The van der Waals surface area contributed by atoms with Crippen LogP contribution in [0.1, 0.15) is 49.5 Å². The van der Waals surface area contributed by atoms with E-state index in [9.17, 15) is 9.59 Å². The first-order valence-electron chi connectivity index (χ1n) is 7.37. The van der Waals surface area contributed by atoms with Crippen LogP contribution in [0.4, 0.5) is 5.69 Å². The fraction of sp³-hybridized carbons (Fsp3) is 0.500. The minimum atomic E-state index is -0.881. The number of benzene rings is 1. The fourth-order valence-electron chi connectivity index (χ4n) is 1.98. The molecule has 0 heterocycles. The quantitative estimate of drug-likeness (QED) is 0.751. The molecular weight excluding hydrogens is 266 g/mol. The topological polar surface area (TPSA) is 84.2 Å². The Bertz CT molecular complexity index is 522. The summed E-state index contributed by atoms with van der Waals surface area (Å²) < 4.78 is 0. The summed E-state index contributed by atoms with van der Waals surface area (Å²) in [5.41, 5.74) is 7.25. The van der Waals surface area contributed by atoms with E-state index in [2.05, 4.69) is 10.6 Å². The molecule has 21 heavy (non-hydrogen) atoms. The van der Waals surface area contributed by atoms with E-state index in [1.165, 1.54) is 0 Å². The molecule has 0 saturated heterocycles. The predicted molar refractivity (Wildman–Crippen MR) is 85.3 cm³/mol. The van der Waals surface area contributed by atoms with Crippen LogP contribution >= 0.6 is 0 Å². The van der Waals surface area contributed by atoms with Crippen LogP contribution in [0.25, 0.3) is 0 Å². The Labute approximate surface area is 126 Å². The number of amides is 2. The number of carbonyl (C=O) groups is 2. The molecule has 116 valence electrons. The standard InChI is InChI=1S/C16H25N3O2/c1-5-16(17,6-2)15(21)19-13-10-12(9-8-11(13)4)14(20)18-7-3/h8-10H,5-7,17H2,1-4H3,(H,18,20)(H,19,21). The van der Waals surface area contributed by atoms with Crippen molar-refractivity contribution in [2.45, 2.75) is 46.1 Å². The van der Waals surface area contributed by atoms with Crippen LogP contribution < -0.4 is 16.4 Å². The van der Waals surface area contributed by atoms with Crippen LogP contribution in [0.2, 0.25) is 0 Å². The van der Waals surface area contributed by atoms with E-state index in [1.54, 1.807) is 12.1 Å². The second-order valence-electron chi connectivity index (χ2n) is 5.21. The molecule has 0 unspecified atom stereocenters. The molecule has 0 fully saturated rings. The number of nitrogens with two attached hydrogens (primary N) is 1. The van der Waals surface area contributed by atoms with Crippen LogP contribution in [0, 0.1) is 6.92 Å². The number of hydrogen-bond acceptors (Lipinski definition) is 3. The molecule has 1 aromatic carbocycles. The Kier molecular flexibility index (Phi) is 5.90. The van der Waals surface area contributed by atoms with Crippen molar-refractivity contribution in [2.24, 2.45) is 5.73 Å². The molecule has 0 aromatic heterocycles. The molecule has 0 aliphatic rings. The highest BCUT2D eigenvalue weighted by atomic mass is 16.2. The van der Waals surface area contributed by atoms with Gasteiger partial charge in [0.05, 0.1) is 5.54 Å². The third-order valence-electron chi connectivity index (χ3n) is 3.80. The lowest BCUT2D eigenvalue weighted by molar-refractivity contribution is -0.121. The van der Waals surface area contributed by atoms with E-state index in [0.717, 1.165) is 5.56 Å². The Morgan fingerprint density at radius 2 is 1.81 bits per heavy atom. The maximum atomic E-state index is 12.3. The molecule has 1 rings (SSSR count). The molecule has 0 aliphatic carbocycles. The number of anilines is 1. The van der Waals surface area contributed by atoms with Crippen molar-refractivity contribution in [2.75, 3.05) is 11.9 Å². The molecule has 0 spiro atoms. The second-order valence-corrected chi connectivity index (χ2v) is 5.21. The summed E-state index contributed by atoms with van der Waals surface area (Å²) in [7, 11) is 0. The van der Waals surface area contributed by atoms with Gasteiger partial charge in [-0.2, -0.15) is 0 Å². The van der Waals surface area contributed by atoms with Crippen molar-refractivity contribution < 1.29 is 9.59 Å². The first-order chi connectivity index (χ1) is 9.87. The zero-order chi connectivity index (χ0) is 16.0. The molecule has 0 aliphatic heterocycles. The first-order valence-corrected chi connectivity index (χ1v) is 7.37. The van der Waals surface area contributed by atoms with Gasteiger partial charge in [-0.25, -0.2) is 0 Å². The van der Waals surface area contributed by atoms with Crippen molar-refractivity contribution in [1.82, 2.24) is 5.32 Å². The van der Waals surface area contributed by atoms with Gasteiger partial charge in [0.2, 0.25) is 5.91 Å². The van der Waals surface area contributed by atoms with Gasteiger partial charge >= 0.3 is 0 Å². The van der Waals surface area contributed by atoms with Crippen molar-refractivity contribution in [3.05, 3.63) is 29.3 Å². The minimum Gasteiger partial charge on any atom is -0.352 e. The highest BCUT2D eigenvalue weighted by molar-refractivity contribution is 6.00. The van der Waals surface area contributed by atoms with E-state index in [0.29, 0.717) is 30.6 Å². The predicted octanol–water partition coefficient (Wildman–Crippen LogP) is 2.20. The Morgan fingerprint density at radius 1 is 1.19 bits per heavy atom. The van der Waals surface area contributed by atoms with Gasteiger partial charge in [-0.1, -0.05) is 19.9 Å². The van der Waals surface area contributed by atoms with Crippen molar-refractivity contribution >= 4 is 17.5 Å². The molecule has 0 saturated carbocycles. The van der Waals surface area contributed by atoms with Gasteiger partial charge in [-0.15, -0.1) is 0 Å². The van der Waals surface area contributed by atoms with Gasteiger partial charge in [-0.05, 0) is 44.4 Å². The number of aryl methyl sites for hydroxylation is 1. The van der Waals surface area contributed by atoms with Crippen LogP contribution in [-0.2, 0) is 4.79 Å². The Morgan fingerprint density at radius 3 is 2.33 bits per heavy atom. The van der Waals surface area contributed by atoms with Crippen molar-refractivity contribution in [3.8, 4) is 0 Å². The minimum absolute atomic E-state index is 0.155. The maximum absolute atomic E-state index is 12.3. The fourth-order valence-corrected chi connectivity index (χ4v) is 1.98. The third kappa shape index (κ3) is 4.04. The van der Waals surface area contributed by atoms with Crippen LogP contribution in [0.3, 0.4) is 0 Å². The molecule has 5 nitrogen and oxygen atoms in total. The molecule has 0 atom stereocenters. The van der Waals surface area contributed by atoms with Gasteiger partial charge in [-0.3, -0.25) is 9.59 Å². The summed E-state index contributed by atoms with van der Waals surface area (Å²) >= 11 is 0. The summed E-state index contributed by atoms with van der Waals surface area (Å²) in [6.07, 6.45) is 1.12. The van der Waals surface area contributed by atoms with Gasteiger partial charge in [0.15, 0.2) is 0 Å². The lowest BCUT2D eigenvalue weighted by Gasteiger charge is -2.25. The van der Waals surface area contributed by atoms with Crippen LogP contribution in [-0.4, -0.2) is 23.9 Å². The SMILES string of the molecule is CCNC(=O)c1ccc(C)c(NC(=O)C(N)(CC)CC)c1. The monoisotopic (exact) mass is 291 g/mol. The average molecular weight is 291 g/mol. The lowest BCUT2D eigenvalue weighted by Crippen LogP contribution is -2.50. The molecule has 4 N–H and O–H groups in total. The zero-order valence-electron chi connectivity index (χ0n) is 13.2. The van der Waals surface area contributed by atoms with E-state index < -0.39 is 5.54 Å². The normalized spacial score (nSPS) is 11.1. The highest BCUT2D eigenvalue weighted by Gasteiger charge is 2.30. The van der Waals surface area contributed by atoms with Gasteiger partial charge < -0.3 is 16.4 Å². The summed E-state index contributed by atoms with van der Waals surface area (Å²) in [5.74, 6) is -0.373. The Hall–Kier alpha value is -1.88. The molecule has 0 radical (unpaired) electrons. The molecular formula is C16H25N3O2.